The van der Waals surface area contributed by atoms with Crippen molar-refractivity contribution in [3.63, 3.8) is 0 Å². The Hall–Kier alpha value is -1.11. The lowest BCUT2D eigenvalue weighted by atomic mass is 9.70. The first-order valence-corrected chi connectivity index (χ1v) is 7.46. The second kappa shape index (κ2) is 5.19. The van der Waals surface area contributed by atoms with Gasteiger partial charge in [-0.25, -0.2) is 0 Å². The van der Waals surface area contributed by atoms with Gasteiger partial charge in [0.1, 0.15) is 0 Å². The van der Waals surface area contributed by atoms with E-state index in [9.17, 15) is 13.2 Å². The van der Waals surface area contributed by atoms with Crippen LogP contribution in [0.25, 0.3) is 0 Å². The Balaban J connectivity index is 2.63. The highest BCUT2D eigenvalue weighted by Crippen LogP contribution is 2.60. The van der Waals surface area contributed by atoms with E-state index < -0.39 is 28.6 Å². The van der Waals surface area contributed by atoms with Crippen molar-refractivity contribution < 1.29 is 27.7 Å². The van der Waals surface area contributed by atoms with Gasteiger partial charge in [0.25, 0.3) is 0 Å². The molecule has 130 valence electrons. The Labute approximate surface area is 134 Å². The number of hydrogen-bond acceptors (Lipinski definition) is 3. The molecule has 6 heteroatoms. The largest absolute Gasteiger partial charge is 0.451 e. The lowest BCUT2D eigenvalue weighted by Crippen LogP contribution is -2.56. The molecule has 1 aliphatic rings. The topological polar surface area (TPSA) is 27.7 Å². The highest BCUT2D eigenvalue weighted by molar-refractivity contribution is 5.23. The molecule has 2 rings (SSSR count). The molecule has 0 spiro atoms. The van der Waals surface area contributed by atoms with Gasteiger partial charge < -0.3 is 0 Å². The summed E-state index contributed by atoms with van der Waals surface area (Å²) in [5.74, 6) is -4.53. The Morgan fingerprint density at radius 1 is 0.783 bits per heavy atom. The molecule has 23 heavy (non-hydrogen) atoms. The zero-order valence-corrected chi connectivity index (χ0v) is 14.2. The summed E-state index contributed by atoms with van der Waals surface area (Å²) in [4.78, 5) is 10.2. The molecule has 1 unspecified atom stereocenters. The maximum atomic E-state index is 13.9. The third kappa shape index (κ3) is 2.66. The maximum Gasteiger partial charge on any atom is 0.451 e. The number of rotatable bonds is 1. The summed E-state index contributed by atoms with van der Waals surface area (Å²) in [6, 6.07) is 7.27. The van der Waals surface area contributed by atoms with Crippen LogP contribution in [0.2, 0.25) is 0 Å². The van der Waals surface area contributed by atoms with Crippen LogP contribution in [-0.4, -0.2) is 12.0 Å². The van der Waals surface area contributed by atoms with E-state index in [4.69, 9.17) is 14.5 Å². The van der Waals surface area contributed by atoms with Crippen LogP contribution in [0.3, 0.4) is 0 Å². The van der Waals surface area contributed by atoms with Crippen LogP contribution in [0.4, 0.5) is 13.2 Å². The highest BCUT2D eigenvalue weighted by atomic mass is 19.4. The molecule has 1 aliphatic heterocycles. The molecule has 1 atom stereocenters. The summed E-state index contributed by atoms with van der Waals surface area (Å²) in [6.07, 6.45) is -4.80. The van der Waals surface area contributed by atoms with Gasteiger partial charge in [-0.3, -0.25) is 4.74 Å². The van der Waals surface area contributed by atoms with Crippen LogP contribution in [-0.2, 0) is 20.3 Å². The van der Waals surface area contributed by atoms with Crippen LogP contribution < -0.4 is 0 Å². The fourth-order valence-electron chi connectivity index (χ4n) is 3.07. The molecule has 1 aromatic carbocycles. The first-order valence-electron chi connectivity index (χ1n) is 7.46. The molecule has 0 amide bonds. The molecule has 3 nitrogen and oxygen atoms in total. The summed E-state index contributed by atoms with van der Waals surface area (Å²) < 4.78 is 47.3. The van der Waals surface area contributed by atoms with Gasteiger partial charge in [0, 0.05) is 16.4 Å². The minimum Gasteiger partial charge on any atom is -0.300 e. The summed E-state index contributed by atoms with van der Waals surface area (Å²) in [5.41, 5.74) is -1.66. The minimum absolute atomic E-state index is 0.150. The van der Waals surface area contributed by atoms with Gasteiger partial charge in [-0.1, -0.05) is 71.9 Å². The van der Waals surface area contributed by atoms with Crippen LogP contribution in [0.5, 0.6) is 0 Å². The molecular formula is C17H23F3O3. The Bertz CT molecular complexity index is 541. The van der Waals surface area contributed by atoms with Crippen molar-refractivity contribution in [1.29, 1.82) is 0 Å². The van der Waals surface area contributed by atoms with Gasteiger partial charge in [0.05, 0.1) is 0 Å². The maximum absolute atomic E-state index is 13.9. The molecule has 1 fully saturated rings. The molecule has 0 aromatic heterocycles. The van der Waals surface area contributed by atoms with Gasteiger partial charge in [-0.2, -0.15) is 22.9 Å². The van der Waals surface area contributed by atoms with E-state index in [2.05, 4.69) is 0 Å². The molecule has 0 N–H and O–H groups in total. The van der Waals surface area contributed by atoms with Crippen molar-refractivity contribution in [2.75, 3.05) is 0 Å². The van der Waals surface area contributed by atoms with E-state index in [-0.39, 0.29) is 5.56 Å². The lowest BCUT2D eigenvalue weighted by Gasteiger charge is -2.47. The second-order valence-corrected chi connectivity index (χ2v) is 7.87. The van der Waals surface area contributed by atoms with Crippen molar-refractivity contribution in [2.45, 2.75) is 59.3 Å². The molecule has 0 aliphatic carbocycles. The molecule has 0 saturated carbocycles. The van der Waals surface area contributed by atoms with E-state index in [1.165, 1.54) is 24.3 Å². The van der Waals surface area contributed by atoms with Crippen LogP contribution >= 0.6 is 0 Å². The first-order chi connectivity index (χ1) is 10.3. The van der Waals surface area contributed by atoms with Crippen molar-refractivity contribution in [2.24, 2.45) is 10.8 Å². The SMILES string of the molecule is CC(C)(C)C1(C(C)(C)C)OOC(c2ccccc2)(C(F)(F)F)O1. The normalized spacial score (nSPS) is 25.6. The van der Waals surface area contributed by atoms with E-state index in [0.717, 1.165) is 0 Å². The van der Waals surface area contributed by atoms with Crippen molar-refractivity contribution in [3.05, 3.63) is 35.9 Å². The zero-order chi connectivity index (χ0) is 17.7. The summed E-state index contributed by atoms with van der Waals surface area (Å²) in [6.45, 7) is 10.6. The molecule has 1 heterocycles. The number of benzene rings is 1. The van der Waals surface area contributed by atoms with E-state index >= 15 is 0 Å². The van der Waals surface area contributed by atoms with Gasteiger partial charge in [0.15, 0.2) is 0 Å². The number of hydrogen-bond donors (Lipinski definition) is 0. The fourth-order valence-corrected chi connectivity index (χ4v) is 3.07. The van der Waals surface area contributed by atoms with E-state index in [0.29, 0.717) is 0 Å². The van der Waals surface area contributed by atoms with Gasteiger partial charge in [0.2, 0.25) is 5.79 Å². The highest BCUT2D eigenvalue weighted by Gasteiger charge is 2.73. The van der Waals surface area contributed by atoms with Crippen molar-refractivity contribution in [1.82, 2.24) is 0 Å². The van der Waals surface area contributed by atoms with Gasteiger partial charge in [-0.05, 0) is 0 Å². The fraction of sp³-hybridized carbons (Fsp3) is 0.647. The predicted octanol–water partition coefficient (Wildman–Crippen LogP) is 5.17. The average molecular weight is 332 g/mol. The third-order valence-corrected chi connectivity index (χ3v) is 4.07. The number of alkyl halides is 3. The van der Waals surface area contributed by atoms with Crippen LogP contribution in [0, 0.1) is 10.8 Å². The van der Waals surface area contributed by atoms with Crippen LogP contribution in [0.1, 0.15) is 47.1 Å². The zero-order valence-electron chi connectivity index (χ0n) is 14.2. The first kappa shape index (κ1) is 18.2. The average Bonchev–Trinajstić information content (AvgIpc) is 2.81. The molecular weight excluding hydrogens is 309 g/mol. The Morgan fingerprint density at radius 2 is 1.26 bits per heavy atom. The summed E-state index contributed by atoms with van der Waals surface area (Å²) in [7, 11) is 0. The van der Waals surface area contributed by atoms with Gasteiger partial charge >= 0.3 is 12.0 Å². The Kier molecular flexibility index (Phi) is 4.12. The number of ether oxygens (including phenoxy) is 1. The quantitative estimate of drug-likeness (QED) is 0.664. The second-order valence-electron chi connectivity index (χ2n) is 7.87. The van der Waals surface area contributed by atoms with Crippen LogP contribution in [0.15, 0.2) is 30.3 Å². The minimum atomic E-state index is -4.80. The summed E-state index contributed by atoms with van der Waals surface area (Å²) in [5, 5.41) is 0. The smallest absolute Gasteiger partial charge is 0.300 e. The molecule has 0 radical (unpaired) electrons. The lowest BCUT2D eigenvalue weighted by molar-refractivity contribution is -0.426. The summed E-state index contributed by atoms with van der Waals surface area (Å²) >= 11 is 0. The molecule has 1 saturated heterocycles. The predicted molar refractivity (Wildman–Crippen MR) is 79.1 cm³/mol. The van der Waals surface area contributed by atoms with Crippen molar-refractivity contribution in [3.8, 4) is 0 Å². The van der Waals surface area contributed by atoms with E-state index in [1.807, 2.05) is 0 Å². The third-order valence-electron chi connectivity index (χ3n) is 4.07. The monoisotopic (exact) mass is 332 g/mol. The standard InChI is InChI=1S/C17H23F3O3/c1-13(2,3)16(14(4,5)6)21-15(22-23-16,17(18,19)20)12-10-8-7-9-11-12/h7-11H,1-6H3. The van der Waals surface area contributed by atoms with Crippen molar-refractivity contribution >= 4 is 0 Å². The number of halogens is 3. The van der Waals surface area contributed by atoms with E-state index in [1.54, 1.807) is 47.6 Å². The molecule has 0 bridgehead atoms. The van der Waals surface area contributed by atoms with Gasteiger partial charge in [-0.15, -0.1) is 0 Å². The Morgan fingerprint density at radius 3 is 1.61 bits per heavy atom. The molecule has 1 aromatic rings.